The van der Waals surface area contributed by atoms with Crippen LogP contribution in [0.4, 0.5) is 11.5 Å². The number of aryl methyl sites for hydroxylation is 1. The molecule has 0 bridgehead atoms. The lowest BCUT2D eigenvalue weighted by Gasteiger charge is -2.12. The third-order valence-corrected chi connectivity index (χ3v) is 3.76. The summed E-state index contributed by atoms with van der Waals surface area (Å²) in [5.74, 6) is 0.831. The fraction of sp³-hybridized carbons (Fsp3) is 0.176. The molecule has 118 valence electrons. The number of phenols is 1. The number of aliphatic hydroxyl groups is 2. The Morgan fingerprint density at radius 2 is 1.74 bits per heavy atom. The summed E-state index contributed by atoms with van der Waals surface area (Å²) < 4.78 is 0. The summed E-state index contributed by atoms with van der Waals surface area (Å²) in [5.41, 5.74) is 3.51. The number of benzene rings is 2. The first-order chi connectivity index (χ1) is 11.1. The van der Waals surface area contributed by atoms with E-state index in [2.05, 4.69) is 15.3 Å². The predicted octanol–water partition coefficient (Wildman–Crippen LogP) is 2.37. The molecule has 0 aliphatic carbocycles. The Bertz CT molecular complexity index is 865. The molecule has 6 nitrogen and oxygen atoms in total. The zero-order valence-electron chi connectivity index (χ0n) is 12.6. The Labute approximate surface area is 133 Å². The van der Waals surface area contributed by atoms with Gasteiger partial charge in [-0.2, -0.15) is 0 Å². The van der Waals surface area contributed by atoms with E-state index in [1.165, 1.54) is 6.33 Å². The van der Waals surface area contributed by atoms with Gasteiger partial charge in [-0.05, 0) is 53.9 Å². The van der Waals surface area contributed by atoms with Gasteiger partial charge < -0.3 is 20.6 Å². The molecule has 0 spiro atoms. The molecule has 0 fully saturated rings. The molecular weight excluding hydrogens is 294 g/mol. The molecule has 23 heavy (non-hydrogen) atoms. The molecule has 0 saturated carbocycles. The summed E-state index contributed by atoms with van der Waals surface area (Å²) in [6.07, 6.45) is 1.44. The third kappa shape index (κ3) is 2.94. The number of phenolic OH excluding ortho intramolecular Hbond substituents is 1. The van der Waals surface area contributed by atoms with Crippen molar-refractivity contribution in [1.82, 2.24) is 9.97 Å². The SMILES string of the molecule is Cc1cc(Nc2ncnc3cc(CO)c(CO)cc23)ccc1O. The summed E-state index contributed by atoms with van der Waals surface area (Å²) >= 11 is 0. The van der Waals surface area contributed by atoms with Gasteiger partial charge in [-0.25, -0.2) is 9.97 Å². The summed E-state index contributed by atoms with van der Waals surface area (Å²) in [7, 11) is 0. The van der Waals surface area contributed by atoms with E-state index in [-0.39, 0.29) is 19.0 Å². The molecule has 1 heterocycles. The summed E-state index contributed by atoms with van der Waals surface area (Å²) in [6.45, 7) is 1.49. The van der Waals surface area contributed by atoms with Crippen LogP contribution in [0.25, 0.3) is 10.9 Å². The van der Waals surface area contributed by atoms with E-state index in [0.717, 1.165) is 16.6 Å². The molecule has 3 aromatic rings. The second kappa shape index (κ2) is 6.20. The van der Waals surface area contributed by atoms with Crippen molar-refractivity contribution in [3.05, 3.63) is 53.3 Å². The molecule has 0 saturated heterocycles. The number of fused-ring (bicyclic) bond motifs is 1. The van der Waals surface area contributed by atoms with Gasteiger partial charge in [0.15, 0.2) is 0 Å². The van der Waals surface area contributed by atoms with Crippen LogP contribution in [-0.4, -0.2) is 25.3 Å². The number of aliphatic hydroxyl groups excluding tert-OH is 2. The molecule has 3 rings (SSSR count). The lowest BCUT2D eigenvalue weighted by molar-refractivity contribution is 0.260. The zero-order chi connectivity index (χ0) is 16.4. The van der Waals surface area contributed by atoms with Gasteiger partial charge in [-0.3, -0.25) is 0 Å². The Kier molecular flexibility index (Phi) is 4.10. The molecule has 0 amide bonds. The van der Waals surface area contributed by atoms with Crippen LogP contribution in [0, 0.1) is 6.92 Å². The number of nitrogens with zero attached hydrogens (tertiary/aromatic N) is 2. The first-order valence-corrected chi connectivity index (χ1v) is 7.17. The summed E-state index contributed by atoms with van der Waals surface area (Å²) in [5, 5.41) is 32.4. The Hall–Kier alpha value is -2.70. The Morgan fingerprint density at radius 3 is 2.43 bits per heavy atom. The van der Waals surface area contributed by atoms with Gasteiger partial charge in [0.05, 0.1) is 18.7 Å². The molecule has 0 aliphatic rings. The van der Waals surface area contributed by atoms with E-state index in [1.54, 1.807) is 24.3 Å². The molecule has 4 N–H and O–H groups in total. The lowest BCUT2D eigenvalue weighted by Crippen LogP contribution is -2.00. The van der Waals surface area contributed by atoms with Gasteiger partial charge in [0.2, 0.25) is 0 Å². The number of hydrogen-bond acceptors (Lipinski definition) is 6. The molecular formula is C17H17N3O3. The summed E-state index contributed by atoms with van der Waals surface area (Å²) in [4.78, 5) is 8.47. The van der Waals surface area contributed by atoms with Crippen molar-refractivity contribution in [3.63, 3.8) is 0 Å². The van der Waals surface area contributed by atoms with Crippen LogP contribution in [0.5, 0.6) is 5.75 Å². The van der Waals surface area contributed by atoms with Gasteiger partial charge in [0, 0.05) is 11.1 Å². The lowest BCUT2D eigenvalue weighted by atomic mass is 10.0. The maximum absolute atomic E-state index is 9.60. The smallest absolute Gasteiger partial charge is 0.141 e. The second-order valence-corrected chi connectivity index (χ2v) is 5.30. The number of rotatable bonds is 4. The molecule has 0 unspecified atom stereocenters. The van der Waals surface area contributed by atoms with Crippen molar-refractivity contribution < 1.29 is 15.3 Å². The largest absolute Gasteiger partial charge is 0.508 e. The van der Waals surface area contributed by atoms with E-state index in [1.807, 2.05) is 13.0 Å². The van der Waals surface area contributed by atoms with Crippen molar-refractivity contribution in [1.29, 1.82) is 0 Å². The number of nitrogens with one attached hydrogen (secondary N) is 1. The second-order valence-electron chi connectivity index (χ2n) is 5.30. The number of aromatic nitrogens is 2. The highest BCUT2D eigenvalue weighted by Crippen LogP contribution is 2.28. The predicted molar refractivity (Wildman–Crippen MR) is 87.5 cm³/mol. The highest BCUT2D eigenvalue weighted by molar-refractivity contribution is 5.91. The zero-order valence-corrected chi connectivity index (χ0v) is 12.6. The van der Waals surface area contributed by atoms with Gasteiger partial charge in [0.25, 0.3) is 0 Å². The highest BCUT2D eigenvalue weighted by Gasteiger charge is 2.10. The molecule has 0 radical (unpaired) electrons. The maximum Gasteiger partial charge on any atom is 0.141 e. The van der Waals surface area contributed by atoms with Gasteiger partial charge in [0.1, 0.15) is 17.9 Å². The highest BCUT2D eigenvalue weighted by atomic mass is 16.3. The van der Waals surface area contributed by atoms with Gasteiger partial charge >= 0.3 is 0 Å². The first kappa shape index (κ1) is 15.2. The minimum atomic E-state index is -0.168. The molecule has 0 atom stereocenters. The Balaban J connectivity index is 2.08. The number of hydrogen-bond donors (Lipinski definition) is 4. The normalized spacial score (nSPS) is 10.9. The van der Waals surface area contributed by atoms with E-state index in [4.69, 9.17) is 0 Å². The van der Waals surface area contributed by atoms with Gasteiger partial charge in [-0.15, -0.1) is 0 Å². The number of aromatic hydroxyl groups is 1. The van der Waals surface area contributed by atoms with E-state index in [9.17, 15) is 15.3 Å². The van der Waals surface area contributed by atoms with Crippen molar-refractivity contribution in [3.8, 4) is 5.75 Å². The van der Waals surface area contributed by atoms with Crippen LogP contribution in [0.1, 0.15) is 16.7 Å². The average molecular weight is 311 g/mol. The van der Waals surface area contributed by atoms with Crippen LogP contribution in [0.2, 0.25) is 0 Å². The fourth-order valence-corrected chi connectivity index (χ4v) is 2.46. The minimum absolute atomic E-state index is 0.157. The van der Waals surface area contributed by atoms with Crippen molar-refractivity contribution >= 4 is 22.4 Å². The van der Waals surface area contributed by atoms with E-state index < -0.39 is 0 Å². The minimum Gasteiger partial charge on any atom is -0.508 e. The van der Waals surface area contributed by atoms with E-state index >= 15 is 0 Å². The molecule has 6 heteroatoms. The van der Waals surface area contributed by atoms with E-state index in [0.29, 0.717) is 22.5 Å². The maximum atomic E-state index is 9.60. The number of anilines is 2. The standard InChI is InChI=1S/C17H17N3O3/c1-10-4-13(2-3-16(10)23)20-17-14-5-11(7-21)12(8-22)6-15(14)18-9-19-17/h2-6,9,21-23H,7-8H2,1H3,(H,18,19,20). The van der Waals surface area contributed by atoms with Crippen LogP contribution < -0.4 is 5.32 Å². The van der Waals surface area contributed by atoms with Crippen LogP contribution in [0.3, 0.4) is 0 Å². The van der Waals surface area contributed by atoms with Crippen LogP contribution in [0.15, 0.2) is 36.7 Å². The Morgan fingerprint density at radius 1 is 1.00 bits per heavy atom. The van der Waals surface area contributed by atoms with Crippen molar-refractivity contribution in [2.45, 2.75) is 20.1 Å². The monoisotopic (exact) mass is 311 g/mol. The average Bonchev–Trinajstić information content (AvgIpc) is 2.57. The van der Waals surface area contributed by atoms with Crippen molar-refractivity contribution in [2.75, 3.05) is 5.32 Å². The fourth-order valence-electron chi connectivity index (χ4n) is 2.46. The molecule has 2 aromatic carbocycles. The van der Waals surface area contributed by atoms with Gasteiger partial charge in [-0.1, -0.05) is 0 Å². The topological polar surface area (TPSA) is 98.5 Å². The van der Waals surface area contributed by atoms with Crippen molar-refractivity contribution in [2.24, 2.45) is 0 Å². The first-order valence-electron chi connectivity index (χ1n) is 7.17. The molecule has 1 aromatic heterocycles. The third-order valence-electron chi connectivity index (χ3n) is 3.76. The van der Waals surface area contributed by atoms with Crippen LogP contribution in [-0.2, 0) is 13.2 Å². The van der Waals surface area contributed by atoms with Crippen LogP contribution >= 0.6 is 0 Å². The summed E-state index contributed by atoms with van der Waals surface area (Å²) in [6, 6.07) is 8.71. The quantitative estimate of drug-likeness (QED) is 0.552. The molecule has 0 aliphatic heterocycles.